The molecule has 1 aliphatic rings. The number of thioether (sulfide) groups is 1. The maximum Gasteiger partial charge on any atom is 0.319 e. The first kappa shape index (κ1) is 11.8. The molecule has 0 fully saturated rings. The van der Waals surface area contributed by atoms with Crippen molar-refractivity contribution < 1.29 is 9.90 Å². The van der Waals surface area contributed by atoms with Crippen molar-refractivity contribution in [3.05, 3.63) is 22.7 Å². The maximum absolute atomic E-state index is 11.1. The summed E-state index contributed by atoms with van der Waals surface area (Å²) >= 11 is 4.82. The molecule has 0 saturated heterocycles. The highest BCUT2D eigenvalue weighted by Crippen LogP contribution is 2.42. The van der Waals surface area contributed by atoms with Gasteiger partial charge in [-0.3, -0.25) is 4.79 Å². The maximum atomic E-state index is 11.1. The first-order chi connectivity index (χ1) is 7.50. The number of rotatable bonds is 1. The van der Waals surface area contributed by atoms with Gasteiger partial charge in [-0.1, -0.05) is 15.9 Å². The summed E-state index contributed by atoms with van der Waals surface area (Å²) in [6.45, 7) is 1.94. The van der Waals surface area contributed by atoms with Gasteiger partial charge in [-0.25, -0.2) is 0 Å². The summed E-state index contributed by atoms with van der Waals surface area (Å²) in [5.41, 5.74) is 1.10. The average Bonchev–Trinajstić information content (AvgIpc) is 2.22. The molecule has 2 atom stereocenters. The van der Waals surface area contributed by atoms with Gasteiger partial charge in [-0.15, -0.1) is 11.8 Å². The molecule has 0 spiro atoms. The Bertz CT molecular complexity index is 438. The lowest BCUT2D eigenvalue weighted by atomic mass is 10.1. The number of nitrogens with zero attached hydrogens (tertiary/aromatic N) is 1. The lowest BCUT2D eigenvalue weighted by molar-refractivity contribution is -0.136. The molecule has 0 amide bonds. The fourth-order valence-corrected chi connectivity index (χ4v) is 3.58. The number of hydrogen-bond acceptors (Lipinski definition) is 3. The molecule has 0 aromatic heterocycles. The Labute approximate surface area is 107 Å². The second-order valence-corrected chi connectivity index (χ2v) is 5.94. The number of halogens is 1. The zero-order chi connectivity index (χ0) is 11.9. The SMILES string of the molecule is CC1C(C(=O)O)Sc2cc(Br)ccc2N1C. The van der Waals surface area contributed by atoms with Gasteiger partial charge < -0.3 is 10.0 Å². The quantitative estimate of drug-likeness (QED) is 0.866. The normalized spacial score (nSPS) is 24.1. The molecular weight excluding hydrogens is 290 g/mol. The minimum absolute atomic E-state index is 0.00354. The predicted molar refractivity (Wildman–Crippen MR) is 69.3 cm³/mol. The summed E-state index contributed by atoms with van der Waals surface area (Å²) in [6.07, 6.45) is 0. The van der Waals surface area contributed by atoms with E-state index in [1.54, 1.807) is 0 Å². The van der Waals surface area contributed by atoms with E-state index in [2.05, 4.69) is 15.9 Å². The molecule has 0 bridgehead atoms. The summed E-state index contributed by atoms with van der Waals surface area (Å²) in [7, 11) is 1.94. The fraction of sp³-hybridized carbons (Fsp3) is 0.364. The molecule has 0 radical (unpaired) electrons. The van der Waals surface area contributed by atoms with Crippen LogP contribution >= 0.6 is 27.7 Å². The van der Waals surface area contributed by atoms with Crippen molar-refractivity contribution in [3.63, 3.8) is 0 Å². The van der Waals surface area contributed by atoms with Crippen molar-refractivity contribution in [1.82, 2.24) is 0 Å². The zero-order valence-corrected chi connectivity index (χ0v) is 11.4. The van der Waals surface area contributed by atoms with Crippen molar-refractivity contribution >= 4 is 39.3 Å². The topological polar surface area (TPSA) is 40.5 Å². The number of carboxylic acid groups (broad SMARTS) is 1. The smallest absolute Gasteiger partial charge is 0.319 e. The fourth-order valence-electron chi connectivity index (χ4n) is 1.79. The van der Waals surface area contributed by atoms with E-state index in [1.807, 2.05) is 37.1 Å². The van der Waals surface area contributed by atoms with Crippen LogP contribution in [0.4, 0.5) is 5.69 Å². The Morgan fingerprint density at radius 2 is 2.25 bits per heavy atom. The Morgan fingerprint density at radius 3 is 2.88 bits per heavy atom. The van der Waals surface area contributed by atoms with Crippen LogP contribution in [0.2, 0.25) is 0 Å². The van der Waals surface area contributed by atoms with E-state index in [-0.39, 0.29) is 6.04 Å². The van der Waals surface area contributed by atoms with Crippen LogP contribution in [0.15, 0.2) is 27.6 Å². The van der Waals surface area contributed by atoms with Gasteiger partial charge in [0.25, 0.3) is 0 Å². The molecular formula is C11H12BrNO2S. The highest BCUT2D eigenvalue weighted by atomic mass is 79.9. The van der Waals surface area contributed by atoms with E-state index >= 15 is 0 Å². The third-order valence-corrected chi connectivity index (χ3v) is 4.77. The summed E-state index contributed by atoms with van der Waals surface area (Å²) in [4.78, 5) is 14.2. The largest absolute Gasteiger partial charge is 0.480 e. The van der Waals surface area contributed by atoms with Crippen molar-refractivity contribution in [3.8, 4) is 0 Å². The van der Waals surface area contributed by atoms with Gasteiger partial charge in [0.1, 0.15) is 5.25 Å². The van der Waals surface area contributed by atoms with Gasteiger partial charge in [-0.05, 0) is 25.1 Å². The molecule has 2 rings (SSSR count). The van der Waals surface area contributed by atoms with E-state index in [4.69, 9.17) is 5.11 Å². The van der Waals surface area contributed by atoms with Crippen LogP contribution in [0.1, 0.15) is 6.92 Å². The van der Waals surface area contributed by atoms with Gasteiger partial charge in [0.15, 0.2) is 0 Å². The summed E-state index contributed by atoms with van der Waals surface area (Å²) in [5, 5.41) is 8.75. The monoisotopic (exact) mass is 301 g/mol. The lowest BCUT2D eigenvalue weighted by Gasteiger charge is -2.37. The second-order valence-electron chi connectivity index (χ2n) is 3.84. The molecule has 1 heterocycles. The molecule has 2 unspecified atom stereocenters. The van der Waals surface area contributed by atoms with Gasteiger partial charge in [0, 0.05) is 22.5 Å². The van der Waals surface area contributed by atoms with E-state index in [0.717, 1.165) is 15.1 Å². The van der Waals surface area contributed by atoms with Gasteiger partial charge in [0.05, 0.1) is 5.69 Å². The number of hydrogen-bond donors (Lipinski definition) is 1. The average molecular weight is 302 g/mol. The highest BCUT2D eigenvalue weighted by Gasteiger charge is 2.34. The molecule has 0 aliphatic carbocycles. The van der Waals surface area contributed by atoms with E-state index in [0.29, 0.717) is 0 Å². The number of aliphatic carboxylic acids is 1. The first-order valence-electron chi connectivity index (χ1n) is 4.92. The minimum atomic E-state index is -0.755. The molecule has 1 aromatic rings. The summed E-state index contributed by atoms with van der Waals surface area (Å²) < 4.78 is 0.978. The second kappa shape index (κ2) is 4.30. The zero-order valence-electron chi connectivity index (χ0n) is 8.98. The van der Waals surface area contributed by atoms with Crippen LogP contribution in [-0.2, 0) is 4.79 Å². The molecule has 16 heavy (non-hydrogen) atoms. The van der Waals surface area contributed by atoms with Gasteiger partial charge in [0.2, 0.25) is 0 Å². The molecule has 1 N–H and O–H groups in total. The van der Waals surface area contributed by atoms with Crippen molar-refractivity contribution in [2.75, 3.05) is 11.9 Å². The first-order valence-corrected chi connectivity index (χ1v) is 6.60. The van der Waals surface area contributed by atoms with Crippen molar-refractivity contribution in [2.45, 2.75) is 23.1 Å². The van der Waals surface area contributed by atoms with Crippen LogP contribution < -0.4 is 4.90 Å². The number of fused-ring (bicyclic) bond motifs is 1. The van der Waals surface area contributed by atoms with Gasteiger partial charge in [-0.2, -0.15) is 0 Å². The summed E-state index contributed by atoms with van der Waals surface area (Å²) in [5.74, 6) is -0.755. The molecule has 1 aliphatic heterocycles. The van der Waals surface area contributed by atoms with Crippen LogP contribution in [0.3, 0.4) is 0 Å². The minimum Gasteiger partial charge on any atom is -0.480 e. The van der Waals surface area contributed by atoms with Crippen LogP contribution in [0.25, 0.3) is 0 Å². The number of anilines is 1. The lowest BCUT2D eigenvalue weighted by Crippen LogP contribution is -2.44. The van der Waals surface area contributed by atoms with E-state index in [9.17, 15) is 4.79 Å². The van der Waals surface area contributed by atoms with Crippen LogP contribution in [0.5, 0.6) is 0 Å². The number of carboxylic acids is 1. The Morgan fingerprint density at radius 1 is 1.56 bits per heavy atom. The predicted octanol–water partition coefficient (Wildman–Crippen LogP) is 2.83. The van der Waals surface area contributed by atoms with Crippen LogP contribution in [0, 0.1) is 0 Å². The van der Waals surface area contributed by atoms with Crippen molar-refractivity contribution in [2.24, 2.45) is 0 Å². The molecule has 0 saturated carbocycles. The molecule has 86 valence electrons. The van der Waals surface area contributed by atoms with Crippen molar-refractivity contribution in [1.29, 1.82) is 0 Å². The van der Waals surface area contributed by atoms with Crippen LogP contribution in [-0.4, -0.2) is 29.4 Å². The number of benzene rings is 1. The Kier molecular flexibility index (Phi) is 3.17. The Balaban J connectivity index is 2.44. The molecule has 1 aromatic carbocycles. The number of carbonyl (C=O) groups is 1. The molecule has 5 heteroatoms. The highest BCUT2D eigenvalue weighted by molar-refractivity contribution is 9.10. The standard InChI is InChI=1S/C11H12BrNO2S/c1-6-10(11(14)15)16-9-5-7(12)3-4-8(9)13(6)2/h3-6,10H,1-2H3,(H,14,15). The van der Waals surface area contributed by atoms with E-state index < -0.39 is 11.2 Å². The Hall–Kier alpha value is -0.680. The third-order valence-electron chi connectivity index (χ3n) is 2.85. The molecule has 3 nitrogen and oxygen atoms in total. The van der Waals surface area contributed by atoms with E-state index in [1.165, 1.54) is 11.8 Å². The third kappa shape index (κ3) is 1.94. The van der Waals surface area contributed by atoms with Gasteiger partial charge >= 0.3 is 5.97 Å². The summed E-state index contributed by atoms with van der Waals surface area (Å²) in [6, 6.07) is 5.96.